The van der Waals surface area contributed by atoms with Gasteiger partial charge in [0.1, 0.15) is 11.6 Å². The van der Waals surface area contributed by atoms with E-state index in [4.69, 9.17) is 17.0 Å². The van der Waals surface area contributed by atoms with Crippen LogP contribution in [0.5, 0.6) is 0 Å². The molecule has 164 valence electrons. The predicted molar refractivity (Wildman–Crippen MR) is 124 cm³/mol. The summed E-state index contributed by atoms with van der Waals surface area (Å²) in [5.74, 6) is -2.10. The molecule has 0 radical (unpaired) electrons. The molecule has 9 nitrogen and oxygen atoms in total. The van der Waals surface area contributed by atoms with Crippen LogP contribution in [0.25, 0.3) is 0 Å². The predicted octanol–water partition coefficient (Wildman–Crippen LogP) is 2.49. The molecule has 1 atom stereocenters. The van der Waals surface area contributed by atoms with Gasteiger partial charge in [-0.2, -0.15) is 10.4 Å². The molecular formula is C22H22N6O3S. The number of anilines is 2. The first kappa shape index (κ1) is 23.0. The van der Waals surface area contributed by atoms with E-state index in [2.05, 4.69) is 26.9 Å². The number of nitriles is 1. The summed E-state index contributed by atoms with van der Waals surface area (Å²) in [7, 11) is 1.53. The fraction of sp³-hybridized carbons (Fsp3) is 0.273. The minimum atomic E-state index is -1.20. The molecule has 1 aromatic carbocycles. The highest BCUT2D eigenvalue weighted by Gasteiger charge is 2.38. The quantitative estimate of drug-likeness (QED) is 0.300. The van der Waals surface area contributed by atoms with Crippen molar-refractivity contribution in [3.63, 3.8) is 0 Å². The van der Waals surface area contributed by atoms with E-state index < -0.39 is 17.7 Å². The van der Waals surface area contributed by atoms with Crippen LogP contribution < -0.4 is 15.6 Å². The molecule has 0 bridgehead atoms. The van der Waals surface area contributed by atoms with Crippen LogP contribution in [0.1, 0.15) is 27.9 Å². The molecule has 1 unspecified atom stereocenters. The van der Waals surface area contributed by atoms with Crippen molar-refractivity contribution in [2.24, 2.45) is 11.0 Å². The topological polar surface area (TPSA) is 120 Å². The van der Waals surface area contributed by atoms with Crippen LogP contribution in [0.15, 0.2) is 29.4 Å². The van der Waals surface area contributed by atoms with Crippen molar-refractivity contribution < 1.29 is 14.3 Å². The normalized spacial score (nSPS) is 16.3. The molecule has 0 saturated carbocycles. The van der Waals surface area contributed by atoms with Crippen molar-refractivity contribution in [1.82, 2.24) is 10.3 Å². The number of carbonyl (C=O) groups excluding carboxylic acids is 2. The molecule has 2 heterocycles. The number of methoxy groups -OCH3 is 1. The first-order valence-electron chi connectivity index (χ1n) is 9.71. The van der Waals surface area contributed by atoms with Crippen LogP contribution in [-0.2, 0) is 20.9 Å². The second-order valence-electron chi connectivity index (χ2n) is 7.30. The van der Waals surface area contributed by atoms with Crippen LogP contribution >= 0.6 is 12.2 Å². The molecule has 2 amide bonds. The number of nitrogens with one attached hydrogen (secondary N) is 2. The standard InChI is InChI=1S/C22H22N6O3S/c1-12-5-6-16(7-13(12)2)28-21(30)18(20(29)26-22(28)32)10-24-27-19-17(9-23)15(11-31-4)8-14(3)25-19/h5-8,10,18H,11H2,1-4H3,(H,25,27)(H,26,29,32)/b24-10+. The maximum absolute atomic E-state index is 13.1. The Morgan fingerprint density at radius 3 is 2.72 bits per heavy atom. The largest absolute Gasteiger partial charge is 0.380 e. The minimum Gasteiger partial charge on any atom is -0.380 e. The number of aryl methyl sites for hydroxylation is 3. The lowest BCUT2D eigenvalue weighted by Gasteiger charge is -2.31. The average molecular weight is 451 g/mol. The van der Waals surface area contributed by atoms with Crippen molar-refractivity contribution in [3.8, 4) is 6.07 Å². The van der Waals surface area contributed by atoms with E-state index in [1.807, 2.05) is 26.0 Å². The van der Waals surface area contributed by atoms with Gasteiger partial charge in [-0.15, -0.1) is 0 Å². The van der Waals surface area contributed by atoms with Gasteiger partial charge in [0, 0.05) is 24.6 Å². The highest BCUT2D eigenvalue weighted by molar-refractivity contribution is 7.80. The maximum Gasteiger partial charge on any atom is 0.251 e. The van der Waals surface area contributed by atoms with Crippen molar-refractivity contribution in [2.45, 2.75) is 27.4 Å². The number of pyridine rings is 1. The number of carbonyl (C=O) groups is 2. The molecule has 32 heavy (non-hydrogen) atoms. The number of aromatic nitrogens is 1. The minimum absolute atomic E-state index is 0.0113. The Morgan fingerprint density at radius 2 is 2.06 bits per heavy atom. The van der Waals surface area contributed by atoms with E-state index in [0.717, 1.165) is 11.1 Å². The summed E-state index contributed by atoms with van der Waals surface area (Å²) in [6.45, 7) is 5.90. The molecule has 2 aromatic rings. The zero-order valence-electron chi connectivity index (χ0n) is 18.1. The van der Waals surface area contributed by atoms with E-state index in [-0.39, 0.29) is 23.1 Å². The smallest absolute Gasteiger partial charge is 0.251 e. The number of hydrogen-bond donors (Lipinski definition) is 2. The maximum atomic E-state index is 13.1. The molecule has 0 spiro atoms. The molecule has 10 heteroatoms. The lowest BCUT2D eigenvalue weighted by molar-refractivity contribution is -0.130. The first-order valence-corrected chi connectivity index (χ1v) is 10.1. The summed E-state index contributed by atoms with van der Waals surface area (Å²) >= 11 is 5.22. The van der Waals surface area contributed by atoms with E-state index in [9.17, 15) is 14.9 Å². The molecule has 1 aliphatic heterocycles. The van der Waals surface area contributed by atoms with Gasteiger partial charge in [0.05, 0.1) is 12.3 Å². The number of rotatable bonds is 6. The van der Waals surface area contributed by atoms with Gasteiger partial charge in [-0.1, -0.05) is 6.07 Å². The summed E-state index contributed by atoms with van der Waals surface area (Å²) in [5.41, 5.74) is 6.87. The van der Waals surface area contributed by atoms with Gasteiger partial charge in [-0.3, -0.25) is 19.9 Å². The van der Waals surface area contributed by atoms with Crippen LogP contribution in [0.3, 0.4) is 0 Å². The third kappa shape index (κ3) is 4.64. The Kier molecular flexibility index (Phi) is 6.92. The zero-order chi connectivity index (χ0) is 23.4. The van der Waals surface area contributed by atoms with Gasteiger partial charge < -0.3 is 10.1 Å². The lowest BCUT2D eigenvalue weighted by atomic mass is 10.0. The van der Waals surface area contributed by atoms with Gasteiger partial charge in [0.2, 0.25) is 5.91 Å². The molecule has 1 saturated heterocycles. The SMILES string of the molecule is COCc1cc(C)nc(N/N=C/C2C(=O)NC(=S)N(c3ccc(C)c(C)c3)C2=O)c1C#N. The summed E-state index contributed by atoms with van der Waals surface area (Å²) in [6, 6.07) is 9.30. The third-order valence-electron chi connectivity index (χ3n) is 4.99. The van der Waals surface area contributed by atoms with Crippen molar-refractivity contribution in [3.05, 3.63) is 52.2 Å². The first-order chi connectivity index (χ1) is 15.3. The third-order valence-corrected chi connectivity index (χ3v) is 5.27. The molecule has 1 fully saturated rings. The van der Waals surface area contributed by atoms with Crippen LogP contribution in [-0.4, -0.2) is 35.2 Å². The number of ether oxygens (including phenoxy) is 1. The second kappa shape index (κ2) is 9.64. The Balaban J connectivity index is 1.86. The number of amides is 2. The van der Waals surface area contributed by atoms with E-state index in [1.165, 1.54) is 18.2 Å². The van der Waals surface area contributed by atoms with Crippen LogP contribution in [0.2, 0.25) is 0 Å². The Hall–Kier alpha value is -3.68. The molecule has 1 aliphatic rings. The Bertz CT molecular complexity index is 1170. The molecule has 0 aliphatic carbocycles. The summed E-state index contributed by atoms with van der Waals surface area (Å²) in [5, 5.41) is 16.1. The van der Waals surface area contributed by atoms with Crippen molar-refractivity contribution >= 4 is 46.9 Å². The van der Waals surface area contributed by atoms with Gasteiger partial charge in [0.15, 0.2) is 16.8 Å². The lowest BCUT2D eigenvalue weighted by Crippen LogP contribution is -2.58. The molecule has 2 N–H and O–H groups in total. The second-order valence-corrected chi connectivity index (χ2v) is 7.68. The van der Waals surface area contributed by atoms with Gasteiger partial charge >= 0.3 is 0 Å². The molecular weight excluding hydrogens is 428 g/mol. The van der Waals surface area contributed by atoms with Crippen LogP contribution in [0, 0.1) is 38.0 Å². The van der Waals surface area contributed by atoms with E-state index in [0.29, 0.717) is 16.9 Å². The van der Waals surface area contributed by atoms with Crippen LogP contribution in [0.4, 0.5) is 11.5 Å². The van der Waals surface area contributed by atoms with Gasteiger partial charge in [-0.25, -0.2) is 4.98 Å². The Labute approximate surface area is 191 Å². The summed E-state index contributed by atoms with van der Waals surface area (Å²) in [4.78, 5) is 31.1. The zero-order valence-corrected chi connectivity index (χ0v) is 18.9. The van der Waals surface area contributed by atoms with Gasteiger partial charge in [0.25, 0.3) is 5.91 Å². The number of benzene rings is 1. The number of nitrogens with zero attached hydrogens (tertiary/aromatic N) is 4. The fourth-order valence-corrected chi connectivity index (χ4v) is 3.52. The van der Waals surface area contributed by atoms with Gasteiger partial charge in [-0.05, 0) is 62.3 Å². The van der Waals surface area contributed by atoms with E-state index >= 15 is 0 Å². The van der Waals surface area contributed by atoms with Crippen molar-refractivity contribution in [2.75, 3.05) is 17.4 Å². The summed E-state index contributed by atoms with van der Waals surface area (Å²) < 4.78 is 5.13. The van der Waals surface area contributed by atoms with Crippen molar-refractivity contribution in [1.29, 1.82) is 5.26 Å². The number of hydrazone groups is 1. The molecule has 1 aromatic heterocycles. The highest BCUT2D eigenvalue weighted by Crippen LogP contribution is 2.23. The number of thiocarbonyl (C=S) groups is 1. The Morgan fingerprint density at radius 1 is 1.31 bits per heavy atom. The number of hydrogen-bond acceptors (Lipinski definition) is 8. The van der Waals surface area contributed by atoms with E-state index in [1.54, 1.807) is 19.1 Å². The average Bonchev–Trinajstić information content (AvgIpc) is 2.73. The summed E-state index contributed by atoms with van der Waals surface area (Å²) in [6.07, 6.45) is 1.18. The highest BCUT2D eigenvalue weighted by atomic mass is 32.1. The molecule has 3 rings (SSSR count). The fourth-order valence-electron chi connectivity index (χ4n) is 3.22. The monoisotopic (exact) mass is 450 g/mol.